The van der Waals surface area contributed by atoms with E-state index in [0.29, 0.717) is 13.0 Å². The minimum Gasteiger partial charge on any atom is -0.369 e. The molecule has 2 aliphatic heterocycles. The molecule has 2 saturated heterocycles. The third-order valence-corrected chi connectivity index (χ3v) is 6.23. The predicted octanol–water partition coefficient (Wildman–Crippen LogP) is 3.09. The van der Waals surface area contributed by atoms with Crippen LogP contribution in [0.25, 0.3) is 0 Å². The Balaban J connectivity index is 1.39. The number of carbonyl (C=O) groups is 2. The van der Waals surface area contributed by atoms with E-state index in [2.05, 4.69) is 26.8 Å². The second-order valence-electron chi connectivity index (χ2n) is 8.37. The van der Waals surface area contributed by atoms with Gasteiger partial charge in [-0.05, 0) is 63.9 Å². The predicted molar refractivity (Wildman–Crippen MR) is 114 cm³/mol. The Kier molecular flexibility index (Phi) is 7.63. The van der Waals surface area contributed by atoms with E-state index in [-0.39, 0.29) is 11.6 Å². The molecule has 0 spiro atoms. The smallest absolute Gasteiger partial charge is 0.162 e. The van der Waals surface area contributed by atoms with Crippen LogP contribution in [0.15, 0.2) is 24.3 Å². The summed E-state index contributed by atoms with van der Waals surface area (Å²) in [6.07, 6.45) is 4.29. The number of nitrogens with zero attached hydrogens (tertiary/aromatic N) is 3. The maximum atomic E-state index is 12.0. The van der Waals surface area contributed by atoms with Crippen molar-refractivity contribution in [2.45, 2.75) is 39.5 Å². The zero-order chi connectivity index (χ0) is 19.9. The molecule has 5 nitrogen and oxygen atoms in total. The Hall–Kier alpha value is -1.72. The van der Waals surface area contributed by atoms with Gasteiger partial charge in [-0.2, -0.15) is 0 Å². The molecular weight excluding hydrogens is 350 g/mol. The highest BCUT2D eigenvalue weighted by Gasteiger charge is 2.22. The number of hydrogen-bond donors (Lipinski definition) is 0. The average molecular weight is 386 g/mol. The molecular formula is C23H35N3O2. The van der Waals surface area contributed by atoms with E-state index in [1.165, 1.54) is 31.5 Å². The Labute approximate surface area is 169 Å². The topological polar surface area (TPSA) is 43.9 Å². The van der Waals surface area contributed by atoms with Crippen LogP contribution in [-0.4, -0.2) is 73.7 Å². The SMILES string of the molecule is CCC(=O)c1cccc(N2CCN(CCC3CCN(CC(C)=O)CC3)CC2)c1. The maximum absolute atomic E-state index is 12.0. The molecule has 1 aromatic carbocycles. The van der Waals surface area contributed by atoms with Gasteiger partial charge in [0.25, 0.3) is 0 Å². The second kappa shape index (κ2) is 10.2. The quantitative estimate of drug-likeness (QED) is 0.644. The highest BCUT2D eigenvalue weighted by Crippen LogP contribution is 2.22. The molecule has 2 fully saturated rings. The lowest BCUT2D eigenvalue weighted by Gasteiger charge is -2.37. The first-order valence-corrected chi connectivity index (χ1v) is 10.9. The van der Waals surface area contributed by atoms with Crippen LogP contribution in [0.5, 0.6) is 0 Å². The highest BCUT2D eigenvalue weighted by atomic mass is 16.1. The molecule has 0 bridgehead atoms. The number of carbonyl (C=O) groups excluding carboxylic acids is 2. The van der Waals surface area contributed by atoms with Crippen LogP contribution in [0.4, 0.5) is 5.69 Å². The first kappa shape index (κ1) is 21.0. The van der Waals surface area contributed by atoms with Crippen LogP contribution in [0.1, 0.15) is 49.9 Å². The fourth-order valence-electron chi connectivity index (χ4n) is 4.42. The van der Waals surface area contributed by atoms with E-state index in [1.54, 1.807) is 6.92 Å². The largest absolute Gasteiger partial charge is 0.369 e. The second-order valence-corrected chi connectivity index (χ2v) is 8.37. The van der Waals surface area contributed by atoms with Crippen LogP contribution in [0, 0.1) is 5.92 Å². The van der Waals surface area contributed by atoms with E-state index in [9.17, 15) is 9.59 Å². The summed E-state index contributed by atoms with van der Waals surface area (Å²) in [5.74, 6) is 1.30. The summed E-state index contributed by atoms with van der Waals surface area (Å²) >= 11 is 0. The van der Waals surface area contributed by atoms with Crippen molar-refractivity contribution in [3.63, 3.8) is 0 Å². The summed E-state index contributed by atoms with van der Waals surface area (Å²) in [5, 5.41) is 0. The van der Waals surface area contributed by atoms with Crippen molar-refractivity contribution in [1.82, 2.24) is 9.80 Å². The van der Waals surface area contributed by atoms with Gasteiger partial charge < -0.3 is 4.90 Å². The molecule has 1 aromatic rings. The van der Waals surface area contributed by atoms with Crippen molar-refractivity contribution in [3.8, 4) is 0 Å². The van der Waals surface area contributed by atoms with Crippen molar-refractivity contribution in [1.29, 1.82) is 0 Å². The summed E-state index contributed by atoms with van der Waals surface area (Å²) in [7, 11) is 0. The van der Waals surface area contributed by atoms with E-state index < -0.39 is 0 Å². The van der Waals surface area contributed by atoms with Crippen molar-refractivity contribution in [3.05, 3.63) is 29.8 Å². The van der Waals surface area contributed by atoms with Crippen LogP contribution in [0.3, 0.4) is 0 Å². The molecule has 5 heteroatoms. The number of benzene rings is 1. The van der Waals surface area contributed by atoms with Gasteiger partial charge in [0.2, 0.25) is 0 Å². The zero-order valence-corrected chi connectivity index (χ0v) is 17.5. The number of anilines is 1. The molecule has 28 heavy (non-hydrogen) atoms. The van der Waals surface area contributed by atoms with Gasteiger partial charge in [-0.25, -0.2) is 0 Å². The normalized spacial score (nSPS) is 19.7. The van der Waals surface area contributed by atoms with Gasteiger partial charge in [0.1, 0.15) is 5.78 Å². The first-order valence-electron chi connectivity index (χ1n) is 10.9. The van der Waals surface area contributed by atoms with Crippen LogP contribution >= 0.6 is 0 Å². The summed E-state index contributed by atoms with van der Waals surface area (Å²) < 4.78 is 0. The summed E-state index contributed by atoms with van der Waals surface area (Å²) in [6, 6.07) is 8.10. The zero-order valence-electron chi connectivity index (χ0n) is 17.5. The molecule has 0 unspecified atom stereocenters. The summed E-state index contributed by atoms with van der Waals surface area (Å²) in [4.78, 5) is 30.5. The molecule has 0 aromatic heterocycles. The molecule has 3 rings (SSSR count). The lowest BCUT2D eigenvalue weighted by Crippen LogP contribution is -2.47. The number of Topliss-reactive ketones (excluding diaryl/α,β-unsaturated/α-hetero) is 2. The molecule has 154 valence electrons. The van der Waals surface area contributed by atoms with E-state index in [0.717, 1.165) is 50.7 Å². The Bertz CT molecular complexity index is 660. The molecule has 2 aliphatic rings. The van der Waals surface area contributed by atoms with Crippen LogP contribution in [-0.2, 0) is 4.79 Å². The van der Waals surface area contributed by atoms with Crippen molar-refractivity contribution in [2.24, 2.45) is 5.92 Å². The molecule has 2 heterocycles. The minimum absolute atomic E-state index is 0.217. The van der Waals surface area contributed by atoms with Crippen molar-refractivity contribution in [2.75, 3.05) is 57.3 Å². The number of hydrogen-bond acceptors (Lipinski definition) is 5. The van der Waals surface area contributed by atoms with Gasteiger partial charge in [0, 0.05) is 43.9 Å². The standard InChI is InChI=1S/C23H35N3O2/c1-3-23(28)21-5-4-6-22(17-21)26-15-13-24(14-16-26)10-7-20-8-11-25(12-9-20)18-19(2)27/h4-6,17,20H,3,7-16,18H2,1-2H3. The number of piperidine rings is 1. The van der Waals surface area contributed by atoms with Crippen molar-refractivity contribution < 1.29 is 9.59 Å². The van der Waals surface area contributed by atoms with E-state index in [1.807, 2.05) is 19.1 Å². The van der Waals surface area contributed by atoms with Gasteiger partial charge in [-0.1, -0.05) is 19.1 Å². The number of rotatable bonds is 8. The van der Waals surface area contributed by atoms with Gasteiger partial charge in [0.15, 0.2) is 5.78 Å². The number of piperazine rings is 1. The van der Waals surface area contributed by atoms with Crippen molar-refractivity contribution >= 4 is 17.3 Å². The van der Waals surface area contributed by atoms with E-state index >= 15 is 0 Å². The molecule has 0 N–H and O–H groups in total. The molecule has 0 saturated carbocycles. The van der Waals surface area contributed by atoms with Gasteiger partial charge in [0.05, 0.1) is 6.54 Å². The highest BCUT2D eigenvalue weighted by molar-refractivity contribution is 5.96. The lowest BCUT2D eigenvalue weighted by atomic mass is 9.93. The Morgan fingerprint density at radius 3 is 2.36 bits per heavy atom. The molecule has 0 aliphatic carbocycles. The molecule has 0 atom stereocenters. The van der Waals surface area contributed by atoms with Gasteiger partial charge in [-0.15, -0.1) is 0 Å². The monoisotopic (exact) mass is 385 g/mol. The molecule has 0 radical (unpaired) electrons. The molecule has 0 amide bonds. The summed E-state index contributed by atoms with van der Waals surface area (Å²) in [6.45, 7) is 11.8. The van der Waals surface area contributed by atoms with Crippen LogP contribution in [0.2, 0.25) is 0 Å². The third kappa shape index (κ3) is 5.89. The van der Waals surface area contributed by atoms with Gasteiger partial charge >= 0.3 is 0 Å². The minimum atomic E-state index is 0.217. The number of likely N-dealkylation sites (tertiary alicyclic amines) is 1. The van der Waals surface area contributed by atoms with Crippen LogP contribution < -0.4 is 4.90 Å². The first-order chi connectivity index (χ1) is 13.5. The van der Waals surface area contributed by atoms with Gasteiger partial charge in [-0.3, -0.25) is 19.4 Å². The lowest BCUT2D eigenvalue weighted by molar-refractivity contribution is -0.118. The number of ketones is 2. The maximum Gasteiger partial charge on any atom is 0.162 e. The van der Waals surface area contributed by atoms with E-state index in [4.69, 9.17) is 0 Å². The fraction of sp³-hybridized carbons (Fsp3) is 0.652. The summed E-state index contributed by atoms with van der Waals surface area (Å²) in [5.41, 5.74) is 2.01. The fourth-order valence-corrected chi connectivity index (χ4v) is 4.42. The third-order valence-electron chi connectivity index (χ3n) is 6.23. The Morgan fingerprint density at radius 2 is 1.71 bits per heavy atom. The average Bonchev–Trinajstić information content (AvgIpc) is 2.73. The Morgan fingerprint density at radius 1 is 1.00 bits per heavy atom.